The highest BCUT2D eigenvalue weighted by atomic mass is 32.1. The lowest BCUT2D eigenvalue weighted by Crippen LogP contribution is -2.34. The summed E-state index contributed by atoms with van der Waals surface area (Å²) in [4.78, 5) is 11.4. The molecule has 5 heteroatoms. The Bertz CT molecular complexity index is 481. The SMILES string of the molecule is CCNCc1sc(N2CC(C)C(N(C)C)C2)nc1C1CC1. The molecule has 0 radical (unpaired) electrons. The molecule has 2 aliphatic rings. The van der Waals surface area contributed by atoms with E-state index in [1.807, 2.05) is 11.3 Å². The molecule has 2 heterocycles. The largest absolute Gasteiger partial charge is 0.346 e. The van der Waals surface area contributed by atoms with Crippen LogP contribution in [-0.2, 0) is 6.54 Å². The van der Waals surface area contributed by atoms with E-state index in [0.29, 0.717) is 12.0 Å². The summed E-state index contributed by atoms with van der Waals surface area (Å²) in [5.41, 5.74) is 1.39. The first-order valence-electron chi connectivity index (χ1n) is 8.21. The maximum Gasteiger partial charge on any atom is 0.185 e. The minimum atomic E-state index is 0.649. The molecule has 1 N–H and O–H groups in total. The van der Waals surface area contributed by atoms with E-state index in [-0.39, 0.29) is 0 Å². The fourth-order valence-electron chi connectivity index (χ4n) is 3.30. The van der Waals surface area contributed by atoms with Crippen LogP contribution in [0.5, 0.6) is 0 Å². The van der Waals surface area contributed by atoms with Gasteiger partial charge in [0.05, 0.1) is 5.69 Å². The number of anilines is 1. The molecule has 1 aliphatic carbocycles. The van der Waals surface area contributed by atoms with E-state index in [1.165, 1.54) is 28.5 Å². The minimum Gasteiger partial charge on any atom is -0.346 e. The van der Waals surface area contributed by atoms with Gasteiger partial charge in [-0.1, -0.05) is 13.8 Å². The summed E-state index contributed by atoms with van der Waals surface area (Å²) in [6.07, 6.45) is 2.66. The fraction of sp³-hybridized carbons (Fsp3) is 0.812. The number of likely N-dealkylation sites (N-methyl/N-ethyl adjacent to an activating group) is 1. The van der Waals surface area contributed by atoms with Crippen molar-refractivity contribution < 1.29 is 0 Å². The van der Waals surface area contributed by atoms with Gasteiger partial charge in [0.25, 0.3) is 0 Å². The Kier molecular flexibility index (Phi) is 4.52. The van der Waals surface area contributed by atoms with Crippen LogP contribution in [0.15, 0.2) is 0 Å². The molecule has 21 heavy (non-hydrogen) atoms. The molecule has 2 fully saturated rings. The second kappa shape index (κ2) is 6.23. The first kappa shape index (κ1) is 15.3. The monoisotopic (exact) mass is 308 g/mol. The normalized spacial score (nSPS) is 26.0. The van der Waals surface area contributed by atoms with Crippen molar-refractivity contribution in [3.8, 4) is 0 Å². The van der Waals surface area contributed by atoms with Gasteiger partial charge in [-0.15, -0.1) is 11.3 Å². The van der Waals surface area contributed by atoms with Gasteiger partial charge in [0.2, 0.25) is 0 Å². The van der Waals surface area contributed by atoms with Crippen LogP contribution >= 0.6 is 11.3 Å². The Morgan fingerprint density at radius 3 is 2.67 bits per heavy atom. The molecule has 3 rings (SSSR count). The Labute approximate surface area is 132 Å². The molecule has 1 aromatic heterocycles. The molecular formula is C16H28N4S. The van der Waals surface area contributed by atoms with Gasteiger partial charge in [-0.2, -0.15) is 0 Å². The van der Waals surface area contributed by atoms with Crippen molar-refractivity contribution in [1.29, 1.82) is 0 Å². The minimum absolute atomic E-state index is 0.649. The topological polar surface area (TPSA) is 31.4 Å². The van der Waals surface area contributed by atoms with E-state index in [4.69, 9.17) is 4.98 Å². The van der Waals surface area contributed by atoms with Crippen LogP contribution in [-0.4, -0.2) is 49.7 Å². The number of nitrogens with one attached hydrogen (secondary N) is 1. The lowest BCUT2D eigenvalue weighted by Gasteiger charge is -2.22. The molecule has 0 amide bonds. The van der Waals surface area contributed by atoms with Crippen LogP contribution in [0.2, 0.25) is 0 Å². The van der Waals surface area contributed by atoms with E-state index in [2.05, 4.69) is 43.1 Å². The molecule has 0 spiro atoms. The predicted molar refractivity (Wildman–Crippen MR) is 90.3 cm³/mol. The van der Waals surface area contributed by atoms with Crippen LogP contribution in [0.1, 0.15) is 43.2 Å². The van der Waals surface area contributed by atoms with Crippen LogP contribution < -0.4 is 10.2 Å². The summed E-state index contributed by atoms with van der Waals surface area (Å²) in [5, 5.41) is 4.72. The molecule has 1 aliphatic heterocycles. The smallest absolute Gasteiger partial charge is 0.185 e. The van der Waals surface area contributed by atoms with E-state index in [9.17, 15) is 0 Å². The van der Waals surface area contributed by atoms with Crippen molar-refractivity contribution in [1.82, 2.24) is 15.2 Å². The predicted octanol–water partition coefficient (Wildman–Crippen LogP) is 2.52. The van der Waals surface area contributed by atoms with Crippen LogP contribution in [0.4, 0.5) is 5.13 Å². The average molecular weight is 308 g/mol. The number of thiazole rings is 1. The highest BCUT2D eigenvalue weighted by molar-refractivity contribution is 7.15. The van der Waals surface area contributed by atoms with Crippen LogP contribution in [0.3, 0.4) is 0 Å². The number of hydrogen-bond donors (Lipinski definition) is 1. The zero-order valence-corrected chi connectivity index (χ0v) is 14.5. The summed E-state index contributed by atoms with van der Waals surface area (Å²) in [6, 6.07) is 0.649. The Morgan fingerprint density at radius 2 is 2.10 bits per heavy atom. The van der Waals surface area contributed by atoms with Gasteiger partial charge in [0.1, 0.15) is 0 Å². The number of nitrogens with zero attached hydrogens (tertiary/aromatic N) is 3. The van der Waals surface area contributed by atoms with Gasteiger partial charge in [0, 0.05) is 36.5 Å². The fourth-order valence-corrected chi connectivity index (χ4v) is 4.44. The third-order valence-electron chi connectivity index (χ3n) is 4.72. The van der Waals surface area contributed by atoms with Gasteiger partial charge < -0.3 is 15.1 Å². The van der Waals surface area contributed by atoms with E-state index >= 15 is 0 Å². The first-order chi connectivity index (χ1) is 10.1. The second-order valence-electron chi connectivity index (χ2n) is 6.77. The molecule has 2 atom stereocenters. The van der Waals surface area contributed by atoms with E-state index in [0.717, 1.165) is 32.1 Å². The molecular weight excluding hydrogens is 280 g/mol. The maximum atomic E-state index is 5.02. The number of aromatic nitrogens is 1. The van der Waals surface area contributed by atoms with Gasteiger partial charge in [0.15, 0.2) is 5.13 Å². The highest BCUT2D eigenvalue weighted by Crippen LogP contribution is 2.44. The molecule has 2 unspecified atom stereocenters. The third kappa shape index (κ3) is 3.25. The zero-order chi connectivity index (χ0) is 15.0. The Morgan fingerprint density at radius 1 is 1.33 bits per heavy atom. The number of hydrogen-bond acceptors (Lipinski definition) is 5. The molecule has 118 valence electrons. The summed E-state index contributed by atoms with van der Waals surface area (Å²) in [5.74, 6) is 1.46. The third-order valence-corrected chi connectivity index (χ3v) is 5.85. The van der Waals surface area contributed by atoms with Crippen molar-refractivity contribution in [2.75, 3.05) is 38.6 Å². The van der Waals surface area contributed by atoms with Crippen LogP contribution in [0.25, 0.3) is 0 Å². The standard InChI is InChI=1S/C16H28N4S/c1-5-17-8-14-15(12-6-7-12)18-16(21-14)20-9-11(2)13(10-20)19(3)4/h11-13,17H,5-10H2,1-4H3. The molecule has 0 aromatic carbocycles. The van der Waals surface area contributed by atoms with Gasteiger partial charge in [-0.25, -0.2) is 4.98 Å². The maximum absolute atomic E-state index is 5.02. The molecule has 1 aromatic rings. The summed E-state index contributed by atoms with van der Waals surface area (Å²) < 4.78 is 0. The van der Waals surface area contributed by atoms with E-state index in [1.54, 1.807) is 0 Å². The zero-order valence-electron chi connectivity index (χ0n) is 13.7. The lowest BCUT2D eigenvalue weighted by atomic mass is 10.1. The second-order valence-corrected chi connectivity index (χ2v) is 7.83. The van der Waals surface area contributed by atoms with Gasteiger partial charge in [-0.05, 0) is 39.4 Å². The Balaban J connectivity index is 1.76. The average Bonchev–Trinajstić information content (AvgIpc) is 3.08. The summed E-state index contributed by atoms with van der Waals surface area (Å²) >= 11 is 1.91. The van der Waals surface area contributed by atoms with Crippen molar-refractivity contribution in [3.63, 3.8) is 0 Å². The highest BCUT2D eigenvalue weighted by Gasteiger charge is 2.35. The molecule has 4 nitrogen and oxygen atoms in total. The quantitative estimate of drug-likeness (QED) is 0.875. The van der Waals surface area contributed by atoms with Crippen molar-refractivity contribution in [3.05, 3.63) is 10.6 Å². The van der Waals surface area contributed by atoms with Crippen molar-refractivity contribution in [2.45, 2.75) is 45.2 Å². The molecule has 0 bridgehead atoms. The lowest BCUT2D eigenvalue weighted by molar-refractivity contribution is 0.266. The first-order valence-corrected chi connectivity index (χ1v) is 9.03. The van der Waals surface area contributed by atoms with Crippen LogP contribution in [0, 0.1) is 5.92 Å². The summed E-state index contributed by atoms with van der Waals surface area (Å²) in [7, 11) is 4.39. The van der Waals surface area contributed by atoms with Gasteiger partial charge in [-0.3, -0.25) is 0 Å². The Hall–Kier alpha value is -0.650. The van der Waals surface area contributed by atoms with E-state index < -0.39 is 0 Å². The number of rotatable bonds is 6. The van der Waals surface area contributed by atoms with Crippen molar-refractivity contribution in [2.24, 2.45) is 5.92 Å². The molecule has 1 saturated carbocycles. The summed E-state index contributed by atoms with van der Waals surface area (Å²) in [6.45, 7) is 8.80. The van der Waals surface area contributed by atoms with Crippen molar-refractivity contribution >= 4 is 16.5 Å². The van der Waals surface area contributed by atoms with Gasteiger partial charge >= 0.3 is 0 Å². The molecule has 1 saturated heterocycles.